The van der Waals surface area contributed by atoms with Gasteiger partial charge in [0.15, 0.2) is 0 Å². The number of amides is 1. The van der Waals surface area contributed by atoms with E-state index < -0.39 is 34.8 Å². The van der Waals surface area contributed by atoms with Crippen LogP contribution in [0, 0.1) is 0 Å². The van der Waals surface area contributed by atoms with Crippen molar-refractivity contribution in [2.24, 2.45) is 0 Å². The number of aliphatic hydroxyl groups is 4. The highest BCUT2D eigenvalue weighted by atomic mass is 32.2. The van der Waals surface area contributed by atoms with Crippen molar-refractivity contribution in [3.05, 3.63) is 0 Å². The van der Waals surface area contributed by atoms with Gasteiger partial charge in [0.1, 0.15) is 11.5 Å². The zero-order chi connectivity index (χ0) is 11.6. The van der Waals surface area contributed by atoms with Crippen molar-refractivity contribution in [3.63, 3.8) is 0 Å². The minimum absolute atomic E-state index is 0.341. The summed E-state index contributed by atoms with van der Waals surface area (Å²) >= 11 is 0.929. The van der Waals surface area contributed by atoms with Crippen molar-refractivity contribution in [3.8, 4) is 0 Å². The highest BCUT2D eigenvalue weighted by Gasteiger charge is 2.43. The Balaban J connectivity index is 2.70. The first-order valence-electron chi connectivity index (χ1n) is 4.55. The van der Waals surface area contributed by atoms with Gasteiger partial charge in [-0.2, -0.15) is 0 Å². The Morgan fingerprint density at radius 2 is 1.93 bits per heavy atom. The van der Waals surface area contributed by atoms with Crippen molar-refractivity contribution in [1.82, 2.24) is 5.32 Å². The standard InChI is InChI=1S/C8H15NO5S/c1-3(11)9-5-7(13)6(12)4(2-10)15-8(5)14/h4-8,10,12-14H,2H2,1H3,(H,9,11)/t4-,5-,6-,7-,8?/m1/s1. The summed E-state index contributed by atoms with van der Waals surface area (Å²) in [7, 11) is 0. The van der Waals surface area contributed by atoms with Gasteiger partial charge in [0.05, 0.1) is 24.0 Å². The van der Waals surface area contributed by atoms with E-state index in [0.29, 0.717) is 0 Å². The van der Waals surface area contributed by atoms with Gasteiger partial charge in [-0.3, -0.25) is 4.79 Å². The lowest BCUT2D eigenvalue weighted by Gasteiger charge is -2.39. The van der Waals surface area contributed by atoms with Gasteiger partial charge < -0.3 is 25.7 Å². The summed E-state index contributed by atoms with van der Waals surface area (Å²) in [5.41, 5.74) is -1.04. The van der Waals surface area contributed by atoms with Crippen molar-refractivity contribution in [2.75, 3.05) is 6.61 Å². The lowest BCUT2D eigenvalue weighted by atomic mass is 10.0. The molecule has 6 nitrogen and oxygen atoms in total. The predicted octanol–water partition coefficient (Wildman–Crippen LogP) is -2.36. The number of thioether (sulfide) groups is 1. The third-order valence-electron chi connectivity index (χ3n) is 2.27. The lowest BCUT2D eigenvalue weighted by Crippen LogP contribution is -2.60. The van der Waals surface area contributed by atoms with Gasteiger partial charge >= 0.3 is 0 Å². The Bertz CT molecular complexity index is 239. The normalized spacial score (nSPS) is 41.3. The van der Waals surface area contributed by atoms with Gasteiger partial charge in [0.25, 0.3) is 0 Å². The second-order valence-corrected chi connectivity index (χ2v) is 4.82. The molecule has 0 spiro atoms. The summed E-state index contributed by atoms with van der Waals surface area (Å²) in [5, 5.41) is 39.3. The number of aliphatic hydroxyl groups excluding tert-OH is 4. The van der Waals surface area contributed by atoms with Crippen LogP contribution >= 0.6 is 11.8 Å². The second-order valence-electron chi connectivity index (χ2n) is 3.46. The topological polar surface area (TPSA) is 110 Å². The summed E-state index contributed by atoms with van der Waals surface area (Å²) in [4.78, 5) is 10.8. The molecule has 0 aliphatic carbocycles. The quantitative estimate of drug-likeness (QED) is 0.367. The maximum atomic E-state index is 10.8. The van der Waals surface area contributed by atoms with Crippen LogP contribution in [0.15, 0.2) is 0 Å². The van der Waals surface area contributed by atoms with E-state index in [1.807, 2.05) is 0 Å². The molecule has 0 aromatic rings. The molecule has 1 rings (SSSR count). The Morgan fingerprint density at radius 1 is 1.33 bits per heavy atom. The van der Waals surface area contributed by atoms with Gasteiger partial charge in [-0.05, 0) is 0 Å². The van der Waals surface area contributed by atoms with E-state index in [2.05, 4.69) is 5.32 Å². The Morgan fingerprint density at radius 3 is 2.40 bits per heavy atom. The summed E-state index contributed by atoms with van der Waals surface area (Å²) in [6.45, 7) is 0.918. The van der Waals surface area contributed by atoms with Gasteiger partial charge in [0.2, 0.25) is 5.91 Å². The number of nitrogens with one attached hydrogen (secondary N) is 1. The van der Waals surface area contributed by atoms with Crippen LogP contribution in [0.2, 0.25) is 0 Å². The van der Waals surface area contributed by atoms with E-state index >= 15 is 0 Å². The average molecular weight is 237 g/mol. The highest BCUT2D eigenvalue weighted by Crippen LogP contribution is 2.30. The molecule has 7 heteroatoms. The van der Waals surface area contributed by atoms with E-state index in [1.54, 1.807) is 0 Å². The largest absolute Gasteiger partial charge is 0.395 e. The SMILES string of the molecule is CC(=O)N[C@H]1C(O)S[C@H](CO)[C@@H](O)[C@@H]1O. The predicted molar refractivity (Wildman–Crippen MR) is 54.1 cm³/mol. The van der Waals surface area contributed by atoms with E-state index in [1.165, 1.54) is 6.92 Å². The molecule has 1 aliphatic heterocycles. The zero-order valence-corrected chi connectivity index (χ0v) is 9.02. The minimum atomic E-state index is -1.28. The van der Waals surface area contributed by atoms with Gasteiger partial charge in [0, 0.05) is 6.92 Å². The molecule has 0 radical (unpaired) electrons. The fourth-order valence-corrected chi connectivity index (χ4v) is 2.65. The first-order chi connectivity index (χ1) is 6.97. The summed E-state index contributed by atoms with van der Waals surface area (Å²) in [6.07, 6.45) is -2.44. The van der Waals surface area contributed by atoms with Crippen LogP contribution in [-0.2, 0) is 4.79 Å². The molecule has 0 saturated carbocycles. The van der Waals surface area contributed by atoms with Crippen molar-refractivity contribution in [1.29, 1.82) is 0 Å². The van der Waals surface area contributed by atoms with Crippen LogP contribution in [0.4, 0.5) is 0 Å². The summed E-state index contributed by atoms with van der Waals surface area (Å²) < 4.78 is 0. The van der Waals surface area contributed by atoms with E-state index in [0.717, 1.165) is 11.8 Å². The van der Waals surface area contributed by atoms with Crippen LogP contribution in [-0.4, -0.2) is 61.9 Å². The Labute approximate surface area is 91.3 Å². The molecule has 0 bridgehead atoms. The first kappa shape index (κ1) is 12.7. The Kier molecular flexibility index (Phi) is 4.35. The number of carbonyl (C=O) groups excluding carboxylic acids is 1. The number of rotatable bonds is 2. The fraction of sp³-hybridized carbons (Fsp3) is 0.875. The van der Waals surface area contributed by atoms with E-state index in [9.17, 15) is 20.1 Å². The zero-order valence-electron chi connectivity index (χ0n) is 8.20. The molecule has 5 atom stereocenters. The molecule has 5 N–H and O–H groups in total. The first-order valence-corrected chi connectivity index (χ1v) is 5.49. The van der Waals surface area contributed by atoms with Gasteiger partial charge in [-0.25, -0.2) is 0 Å². The molecule has 1 amide bonds. The van der Waals surface area contributed by atoms with Crippen LogP contribution < -0.4 is 5.32 Å². The molecule has 88 valence electrons. The molecular weight excluding hydrogens is 222 g/mol. The molecule has 1 unspecified atom stereocenters. The van der Waals surface area contributed by atoms with Crippen molar-refractivity contribution in [2.45, 2.75) is 35.9 Å². The Hall–Kier alpha value is -0.340. The fourth-order valence-electron chi connectivity index (χ4n) is 1.49. The summed E-state index contributed by atoms with van der Waals surface area (Å²) in [6, 6.07) is -0.912. The van der Waals surface area contributed by atoms with Crippen LogP contribution in [0.1, 0.15) is 6.92 Å². The third kappa shape index (κ3) is 2.82. The molecule has 1 saturated heterocycles. The smallest absolute Gasteiger partial charge is 0.217 e. The molecule has 1 aliphatic rings. The van der Waals surface area contributed by atoms with Gasteiger partial charge in [-0.1, -0.05) is 0 Å². The van der Waals surface area contributed by atoms with Crippen molar-refractivity contribution < 1.29 is 25.2 Å². The van der Waals surface area contributed by atoms with E-state index in [4.69, 9.17) is 5.11 Å². The average Bonchev–Trinajstić information content (AvgIpc) is 2.18. The number of hydrogen-bond donors (Lipinski definition) is 5. The molecule has 1 heterocycles. The maximum Gasteiger partial charge on any atom is 0.217 e. The molecule has 1 fully saturated rings. The highest BCUT2D eigenvalue weighted by molar-refractivity contribution is 8.00. The molecule has 0 aromatic carbocycles. The maximum absolute atomic E-state index is 10.8. The van der Waals surface area contributed by atoms with Crippen LogP contribution in [0.5, 0.6) is 0 Å². The third-order valence-corrected chi connectivity index (χ3v) is 3.62. The monoisotopic (exact) mass is 237 g/mol. The van der Waals surface area contributed by atoms with Crippen LogP contribution in [0.25, 0.3) is 0 Å². The summed E-state index contributed by atoms with van der Waals surface area (Å²) in [5.74, 6) is -0.395. The lowest BCUT2D eigenvalue weighted by molar-refractivity contribution is -0.122. The van der Waals surface area contributed by atoms with Crippen molar-refractivity contribution >= 4 is 17.7 Å². The van der Waals surface area contributed by atoms with E-state index in [-0.39, 0.29) is 6.61 Å². The second kappa shape index (κ2) is 5.13. The van der Waals surface area contributed by atoms with Crippen LogP contribution in [0.3, 0.4) is 0 Å². The molecule has 15 heavy (non-hydrogen) atoms. The van der Waals surface area contributed by atoms with Gasteiger partial charge in [-0.15, -0.1) is 11.8 Å². The number of carbonyl (C=O) groups is 1. The number of hydrogen-bond acceptors (Lipinski definition) is 6. The molecule has 0 aromatic heterocycles. The minimum Gasteiger partial charge on any atom is -0.395 e. The molecular formula is C8H15NO5S.